The van der Waals surface area contributed by atoms with Gasteiger partial charge in [0.1, 0.15) is 11.5 Å². The van der Waals surface area contributed by atoms with Crippen molar-refractivity contribution in [1.82, 2.24) is 4.57 Å². The number of nitrogens with zero attached hydrogens (tertiary/aromatic N) is 1. The van der Waals surface area contributed by atoms with Gasteiger partial charge in [-0.3, -0.25) is 4.79 Å². The first-order chi connectivity index (χ1) is 12.5. The molecule has 1 heterocycles. The highest BCUT2D eigenvalue weighted by molar-refractivity contribution is 6.06. The van der Waals surface area contributed by atoms with Crippen LogP contribution in [0.5, 0.6) is 11.5 Å². The van der Waals surface area contributed by atoms with E-state index in [1.807, 2.05) is 6.07 Å². The number of nitrogens with one attached hydrogen (secondary N) is 2. The highest BCUT2D eigenvalue weighted by Gasteiger charge is 2.12. The Morgan fingerprint density at radius 2 is 1.65 bits per heavy atom. The summed E-state index contributed by atoms with van der Waals surface area (Å²) in [5.41, 5.74) is 0.913. The van der Waals surface area contributed by atoms with Gasteiger partial charge in [0.25, 0.3) is 5.56 Å². The summed E-state index contributed by atoms with van der Waals surface area (Å²) in [6.07, 6.45) is 1.59. The molecule has 0 saturated carbocycles. The molecule has 3 aromatic rings. The summed E-state index contributed by atoms with van der Waals surface area (Å²) < 4.78 is 11.9. The zero-order valence-corrected chi connectivity index (χ0v) is 14.7. The number of aryl methyl sites for hydroxylation is 1. The van der Waals surface area contributed by atoms with Crippen molar-refractivity contribution in [2.24, 2.45) is 7.05 Å². The first-order valence-corrected chi connectivity index (χ1v) is 7.92. The quantitative estimate of drug-likeness (QED) is 0.755. The van der Waals surface area contributed by atoms with Gasteiger partial charge in [0, 0.05) is 30.1 Å². The Morgan fingerprint density at radius 3 is 2.35 bits per heavy atom. The maximum Gasteiger partial charge on any atom is 0.323 e. The zero-order chi connectivity index (χ0) is 18.7. The van der Waals surface area contributed by atoms with E-state index in [1.165, 1.54) is 11.7 Å². The molecule has 134 valence electrons. The van der Waals surface area contributed by atoms with E-state index >= 15 is 0 Å². The van der Waals surface area contributed by atoms with Crippen LogP contribution in [0.1, 0.15) is 0 Å². The van der Waals surface area contributed by atoms with Gasteiger partial charge < -0.3 is 24.7 Å². The molecule has 0 unspecified atom stereocenters. The molecule has 0 spiro atoms. The van der Waals surface area contributed by atoms with Gasteiger partial charge in [-0.25, -0.2) is 4.79 Å². The molecule has 0 bridgehead atoms. The van der Waals surface area contributed by atoms with E-state index in [-0.39, 0.29) is 5.56 Å². The molecule has 0 aliphatic carbocycles. The number of fused-ring (bicyclic) bond motifs is 1. The molecule has 0 aliphatic rings. The maximum absolute atomic E-state index is 12.4. The zero-order valence-electron chi connectivity index (χ0n) is 14.7. The van der Waals surface area contributed by atoms with Gasteiger partial charge in [-0.05, 0) is 18.2 Å². The average molecular weight is 353 g/mol. The number of hydrogen-bond donors (Lipinski definition) is 2. The second-order valence-electron chi connectivity index (χ2n) is 5.65. The fourth-order valence-electron chi connectivity index (χ4n) is 2.69. The third-order valence-corrected chi connectivity index (χ3v) is 4.00. The molecule has 7 nitrogen and oxygen atoms in total. The highest BCUT2D eigenvalue weighted by atomic mass is 16.5. The maximum atomic E-state index is 12.4. The van der Waals surface area contributed by atoms with Crippen LogP contribution in [0, 0.1) is 0 Å². The lowest BCUT2D eigenvalue weighted by Gasteiger charge is -2.14. The van der Waals surface area contributed by atoms with Crippen molar-refractivity contribution in [3.05, 3.63) is 59.0 Å². The molecular weight excluding hydrogens is 334 g/mol. The van der Waals surface area contributed by atoms with Crippen LogP contribution in [0.25, 0.3) is 10.8 Å². The highest BCUT2D eigenvalue weighted by Crippen LogP contribution is 2.29. The predicted molar refractivity (Wildman–Crippen MR) is 101 cm³/mol. The number of amides is 2. The minimum atomic E-state index is -0.447. The molecule has 0 fully saturated rings. The van der Waals surface area contributed by atoms with Crippen LogP contribution >= 0.6 is 0 Å². The topological polar surface area (TPSA) is 81.6 Å². The lowest BCUT2D eigenvalue weighted by molar-refractivity contribution is 0.262. The Morgan fingerprint density at radius 1 is 0.962 bits per heavy atom. The van der Waals surface area contributed by atoms with Gasteiger partial charge in [0.15, 0.2) is 0 Å². The monoisotopic (exact) mass is 353 g/mol. The molecule has 26 heavy (non-hydrogen) atoms. The van der Waals surface area contributed by atoms with Gasteiger partial charge >= 0.3 is 6.03 Å². The van der Waals surface area contributed by atoms with Crippen LogP contribution in [-0.4, -0.2) is 24.8 Å². The number of ether oxygens (including phenoxy) is 2. The Kier molecular flexibility index (Phi) is 4.79. The summed E-state index contributed by atoms with van der Waals surface area (Å²) >= 11 is 0. The SMILES string of the molecule is COc1ccc(NC(=O)Nc2cn(C)c(=O)c3ccccc23)c(OC)c1. The average Bonchev–Trinajstić information content (AvgIpc) is 2.66. The number of hydrogen-bond acceptors (Lipinski definition) is 4. The van der Waals surface area contributed by atoms with Gasteiger partial charge in [-0.1, -0.05) is 18.2 Å². The number of urea groups is 1. The predicted octanol–water partition coefficient (Wildman–Crippen LogP) is 3.20. The lowest BCUT2D eigenvalue weighted by atomic mass is 10.1. The molecule has 7 heteroatoms. The minimum absolute atomic E-state index is 0.122. The lowest BCUT2D eigenvalue weighted by Crippen LogP contribution is -2.23. The van der Waals surface area contributed by atoms with E-state index in [9.17, 15) is 9.59 Å². The molecule has 2 aromatic carbocycles. The van der Waals surface area contributed by atoms with Crippen molar-refractivity contribution < 1.29 is 14.3 Å². The normalized spacial score (nSPS) is 10.4. The first kappa shape index (κ1) is 17.3. The van der Waals surface area contributed by atoms with Gasteiger partial charge in [-0.2, -0.15) is 0 Å². The number of benzene rings is 2. The Hall–Kier alpha value is -3.48. The Balaban J connectivity index is 1.89. The number of rotatable bonds is 4. The van der Waals surface area contributed by atoms with Crippen molar-refractivity contribution in [1.29, 1.82) is 0 Å². The standard InChI is InChI=1S/C19H19N3O4/c1-22-11-16(13-6-4-5-7-14(13)18(22)23)21-19(24)20-15-9-8-12(25-2)10-17(15)26-3/h4-11H,1-3H3,(H2,20,21,24). The number of aromatic nitrogens is 1. The third-order valence-electron chi connectivity index (χ3n) is 4.00. The number of anilines is 2. The molecule has 0 aliphatic heterocycles. The minimum Gasteiger partial charge on any atom is -0.497 e. The van der Waals surface area contributed by atoms with Crippen LogP contribution in [-0.2, 0) is 7.05 Å². The first-order valence-electron chi connectivity index (χ1n) is 7.92. The molecular formula is C19H19N3O4. The van der Waals surface area contributed by atoms with Crippen LogP contribution in [0.15, 0.2) is 53.5 Å². The van der Waals surface area contributed by atoms with Gasteiger partial charge in [-0.15, -0.1) is 0 Å². The summed E-state index contributed by atoms with van der Waals surface area (Å²) in [5.74, 6) is 1.10. The van der Waals surface area contributed by atoms with Gasteiger partial charge in [0.2, 0.25) is 0 Å². The van der Waals surface area contributed by atoms with Crippen molar-refractivity contribution in [2.45, 2.75) is 0 Å². The van der Waals surface area contributed by atoms with E-state index < -0.39 is 6.03 Å². The van der Waals surface area contributed by atoms with E-state index in [0.29, 0.717) is 33.6 Å². The largest absolute Gasteiger partial charge is 0.497 e. The molecule has 0 radical (unpaired) electrons. The number of carbonyl (C=O) groups is 1. The number of pyridine rings is 1. The van der Waals surface area contributed by atoms with E-state index in [1.54, 1.807) is 56.8 Å². The van der Waals surface area contributed by atoms with Crippen LogP contribution in [0.3, 0.4) is 0 Å². The van der Waals surface area contributed by atoms with Crippen molar-refractivity contribution >= 4 is 28.2 Å². The van der Waals surface area contributed by atoms with Crippen LogP contribution in [0.4, 0.5) is 16.2 Å². The number of carbonyl (C=O) groups excluding carboxylic acids is 1. The van der Waals surface area contributed by atoms with Crippen LogP contribution in [0.2, 0.25) is 0 Å². The Labute approximate surface area is 150 Å². The van der Waals surface area contributed by atoms with Crippen LogP contribution < -0.4 is 25.7 Å². The molecule has 2 N–H and O–H groups in total. The van der Waals surface area contributed by atoms with E-state index in [0.717, 1.165) is 0 Å². The molecule has 3 rings (SSSR count). The second-order valence-corrected chi connectivity index (χ2v) is 5.65. The third kappa shape index (κ3) is 3.32. The molecule has 1 aromatic heterocycles. The van der Waals surface area contributed by atoms with E-state index in [2.05, 4.69) is 10.6 Å². The smallest absolute Gasteiger partial charge is 0.323 e. The summed E-state index contributed by atoms with van der Waals surface area (Å²) in [4.78, 5) is 24.7. The van der Waals surface area contributed by atoms with Crippen molar-refractivity contribution in [3.63, 3.8) is 0 Å². The summed E-state index contributed by atoms with van der Waals surface area (Å²) in [7, 11) is 4.71. The Bertz CT molecular complexity index is 1030. The summed E-state index contributed by atoms with van der Waals surface area (Å²) in [6, 6.07) is 11.8. The fraction of sp³-hybridized carbons (Fsp3) is 0.158. The van der Waals surface area contributed by atoms with Crippen molar-refractivity contribution in [3.8, 4) is 11.5 Å². The summed E-state index contributed by atoms with van der Waals surface area (Å²) in [5, 5.41) is 6.74. The molecule has 0 saturated heterocycles. The van der Waals surface area contributed by atoms with Gasteiger partial charge in [0.05, 0.1) is 25.6 Å². The van der Waals surface area contributed by atoms with Crippen molar-refractivity contribution in [2.75, 3.05) is 24.9 Å². The fourth-order valence-corrected chi connectivity index (χ4v) is 2.69. The summed E-state index contributed by atoms with van der Waals surface area (Å²) in [6.45, 7) is 0. The second kappa shape index (κ2) is 7.18. The molecule has 0 atom stereocenters. The number of methoxy groups -OCH3 is 2. The van der Waals surface area contributed by atoms with E-state index in [4.69, 9.17) is 9.47 Å². The molecule has 2 amide bonds.